The van der Waals surface area contributed by atoms with Crippen molar-refractivity contribution in [2.45, 2.75) is 6.92 Å². The number of aromatic amines is 1. The van der Waals surface area contributed by atoms with Gasteiger partial charge in [0.1, 0.15) is 6.26 Å². The van der Waals surface area contributed by atoms with Crippen LogP contribution in [0.2, 0.25) is 0 Å². The third-order valence-electron chi connectivity index (χ3n) is 2.09. The van der Waals surface area contributed by atoms with Crippen molar-refractivity contribution in [3.8, 4) is 0 Å². The van der Waals surface area contributed by atoms with Gasteiger partial charge in [-0.3, -0.25) is 9.59 Å². The van der Waals surface area contributed by atoms with Gasteiger partial charge in [-0.15, -0.1) is 0 Å². The van der Waals surface area contributed by atoms with Crippen LogP contribution in [0.3, 0.4) is 0 Å². The minimum Gasteiger partial charge on any atom is -0.364 e. The number of aryl methyl sites for hydroxylation is 1. The van der Waals surface area contributed by atoms with Gasteiger partial charge in [-0.1, -0.05) is 5.16 Å². The number of hydrogen-bond donors (Lipinski definition) is 1. The zero-order chi connectivity index (χ0) is 10.8. The first-order valence-electron chi connectivity index (χ1n) is 4.31. The van der Waals surface area contributed by atoms with Crippen LogP contribution in [0.1, 0.15) is 32.1 Å². The van der Waals surface area contributed by atoms with Crippen molar-refractivity contribution < 1.29 is 14.1 Å². The molecule has 76 valence electrons. The van der Waals surface area contributed by atoms with Gasteiger partial charge < -0.3 is 9.51 Å². The number of carbonyl (C=O) groups excluding carboxylic acids is 2. The molecule has 0 spiro atoms. The minimum atomic E-state index is -0.210. The quantitative estimate of drug-likeness (QED) is 0.604. The summed E-state index contributed by atoms with van der Waals surface area (Å²) >= 11 is 0. The monoisotopic (exact) mass is 204 g/mol. The summed E-state index contributed by atoms with van der Waals surface area (Å²) in [4.78, 5) is 24.9. The number of H-pyrrole nitrogens is 1. The molecule has 0 unspecified atom stereocenters. The van der Waals surface area contributed by atoms with Crippen molar-refractivity contribution in [2.75, 3.05) is 0 Å². The van der Waals surface area contributed by atoms with Crippen LogP contribution in [0.15, 0.2) is 23.0 Å². The van der Waals surface area contributed by atoms with Crippen LogP contribution in [0.5, 0.6) is 0 Å². The van der Waals surface area contributed by atoms with Crippen molar-refractivity contribution in [1.82, 2.24) is 10.1 Å². The standard InChI is InChI=1S/C10H8N2O3/c1-6-9(5-15-12-6)10(14)7-2-8(4-13)11-3-7/h2-5,11H,1H3. The fourth-order valence-corrected chi connectivity index (χ4v) is 1.28. The highest BCUT2D eigenvalue weighted by molar-refractivity contribution is 6.09. The first-order chi connectivity index (χ1) is 7.22. The highest BCUT2D eigenvalue weighted by Crippen LogP contribution is 2.13. The molecule has 5 heteroatoms. The Bertz CT molecular complexity index is 510. The summed E-state index contributed by atoms with van der Waals surface area (Å²) in [5.74, 6) is -0.210. The van der Waals surface area contributed by atoms with Gasteiger partial charge in [-0.2, -0.15) is 0 Å². The molecule has 1 N–H and O–H groups in total. The normalized spacial score (nSPS) is 10.2. The molecular weight excluding hydrogens is 196 g/mol. The van der Waals surface area contributed by atoms with Crippen molar-refractivity contribution in [2.24, 2.45) is 0 Å². The molecule has 15 heavy (non-hydrogen) atoms. The Labute approximate surface area is 85.1 Å². The Balaban J connectivity index is 2.36. The summed E-state index contributed by atoms with van der Waals surface area (Å²) in [6.45, 7) is 1.68. The smallest absolute Gasteiger partial charge is 0.199 e. The number of nitrogens with zero attached hydrogens (tertiary/aromatic N) is 1. The summed E-state index contributed by atoms with van der Waals surface area (Å²) < 4.78 is 4.67. The Morgan fingerprint density at radius 1 is 1.60 bits per heavy atom. The lowest BCUT2D eigenvalue weighted by Gasteiger charge is -1.92. The van der Waals surface area contributed by atoms with Crippen LogP contribution >= 0.6 is 0 Å². The van der Waals surface area contributed by atoms with Crippen LogP contribution in [-0.4, -0.2) is 22.2 Å². The van der Waals surface area contributed by atoms with E-state index in [0.717, 1.165) is 0 Å². The lowest BCUT2D eigenvalue weighted by Crippen LogP contribution is -1.99. The average Bonchev–Trinajstić information content (AvgIpc) is 2.84. The van der Waals surface area contributed by atoms with Crippen LogP contribution in [-0.2, 0) is 0 Å². The number of rotatable bonds is 3. The maximum absolute atomic E-state index is 11.8. The van der Waals surface area contributed by atoms with Gasteiger partial charge in [0, 0.05) is 11.8 Å². The number of carbonyl (C=O) groups is 2. The number of nitrogens with one attached hydrogen (secondary N) is 1. The van der Waals surface area contributed by atoms with E-state index < -0.39 is 0 Å². The van der Waals surface area contributed by atoms with E-state index in [2.05, 4.69) is 14.7 Å². The molecule has 0 fully saturated rings. The molecule has 5 nitrogen and oxygen atoms in total. The maximum atomic E-state index is 11.8. The molecule has 0 atom stereocenters. The van der Waals surface area contributed by atoms with Gasteiger partial charge in [0.05, 0.1) is 17.0 Å². The van der Waals surface area contributed by atoms with Crippen LogP contribution in [0, 0.1) is 6.92 Å². The van der Waals surface area contributed by atoms with Crippen molar-refractivity contribution in [3.63, 3.8) is 0 Å². The van der Waals surface area contributed by atoms with Crippen molar-refractivity contribution in [1.29, 1.82) is 0 Å². The fourth-order valence-electron chi connectivity index (χ4n) is 1.28. The highest BCUT2D eigenvalue weighted by atomic mass is 16.5. The molecule has 2 aromatic heterocycles. The van der Waals surface area contributed by atoms with Gasteiger partial charge in [0.25, 0.3) is 0 Å². The second-order valence-electron chi connectivity index (χ2n) is 3.10. The van der Waals surface area contributed by atoms with Gasteiger partial charge in [-0.25, -0.2) is 0 Å². The van der Waals surface area contributed by atoms with Gasteiger partial charge in [0.2, 0.25) is 0 Å². The third-order valence-corrected chi connectivity index (χ3v) is 2.09. The van der Waals surface area contributed by atoms with E-state index in [4.69, 9.17) is 0 Å². The Kier molecular flexibility index (Phi) is 2.21. The molecule has 2 aromatic rings. The van der Waals surface area contributed by atoms with Crippen LogP contribution < -0.4 is 0 Å². The fraction of sp³-hybridized carbons (Fsp3) is 0.100. The van der Waals surface area contributed by atoms with E-state index in [1.165, 1.54) is 18.5 Å². The Morgan fingerprint density at radius 2 is 2.40 bits per heavy atom. The average molecular weight is 204 g/mol. The van der Waals surface area contributed by atoms with Crippen LogP contribution in [0.4, 0.5) is 0 Å². The molecule has 0 amide bonds. The summed E-state index contributed by atoms with van der Waals surface area (Å²) in [5.41, 5.74) is 1.73. The summed E-state index contributed by atoms with van der Waals surface area (Å²) in [6.07, 6.45) is 3.43. The largest absolute Gasteiger partial charge is 0.364 e. The van der Waals surface area contributed by atoms with Gasteiger partial charge >= 0.3 is 0 Å². The van der Waals surface area contributed by atoms with Crippen molar-refractivity contribution >= 4 is 12.1 Å². The maximum Gasteiger partial charge on any atom is 0.199 e. The molecular formula is C10H8N2O3. The molecule has 0 radical (unpaired) electrons. The number of aromatic nitrogens is 2. The van der Waals surface area contributed by atoms with E-state index in [1.807, 2.05) is 0 Å². The predicted molar refractivity (Wildman–Crippen MR) is 50.9 cm³/mol. The lowest BCUT2D eigenvalue weighted by molar-refractivity contribution is 0.103. The molecule has 0 aromatic carbocycles. The van der Waals surface area contributed by atoms with Gasteiger partial charge in [0.15, 0.2) is 12.1 Å². The zero-order valence-electron chi connectivity index (χ0n) is 7.98. The molecule has 0 aliphatic heterocycles. The summed E-state index contributed by atoms with van der Waals surface area (Å²) in [6, 6.07) is 1.49. The van der Waals surface area contributed by atoms with Gasteiger partial charge in [-0.05, 0) is 13.0 Å². The van der Waals surface area contributed by atoms with E-state index in [-0.39, 0.29) is 5.78 Å². The van der Waals surface area contributed by atoms with E-state index in [0.29, 0.717) is 28.8 Å². The topological polar surface area (TPSA) is 76.0 Å². The van der Waals surface area contributed by atoms with E-state index in [1.54, 1.807) is 6.92 Å². The summed E-state index contributed by atoms with van der Waals surface area (Å²) in [7, 11) is 0. The first kappa shape index (κ1) is 9.39. The number of aldehydes is 1. The highest BCUT2D eigenvalue weighted by Gasteiger charge is 2.16. The first-order valence-corrected chi connectivity index (χ1v) is 4.31. The van der Waals surface area contributed by atoms with E-state index in [9.17, 15) is 9.59 Å². The molecule has 0 saturated heterocycles. The second kappa shape index (κ2) is 3.53. The molecule has 0 bridgehead atoms. The van der Waals surface area contributed by atoms with E-state index >= 15 is 0 Å². The molecule has 2 heterocycles. The zero-order valence-corrected chi connectivity index (χ0v) is 7.98. The third kappa shape index (κ3) is 1.59. The minimum absolute atomic E-state index is 0.210. The number of ketones is 1. The number of hydrogen-bond acceptors (Lipinski definition) is 4. The van der Waals surface area contributed by atoms with Crippen molar-refractivity contribution in [3.05, 3.63) is 41.0 Å². The summed E-state index contributed by atoms with van der Waals surface area (Å²) in [5, 5.41) is 3.61. The lowest BCUT2D eigenvalue weighted by atomic mass is 10.1. The Morgan fingerprint density at radius 3 is 2.93 bits per heavy atom. The second-order valence-corrected chi connectivity index (χ2v) is 3.10. The molecule has 0 saturated carbocycles. The molecule has 0 aliphatic carbocycles. The molecule has 2 rings (SSSR count). The van der Waals surface area contributed by atoms with Crippen LogP contribution in [0.25, 0.3) is 0 Å². The predicted octanol–water partition coefficient (Wildman–Crippen LogP) is 1.35. The molecule has 0 aliphatic rings. The Hall–Kier alpha value is -2.17. The SMILES string of the molecule is Cc1nocc1C(=O)c1c[nH]c(C=O)c1.